The van der Waals surface area contributed by atoms with E-state index in [4.69, 9.17) is 9.47 Å². The summed E-state index contributed by atoms with van der Waals surface area (Å²) >= 11 is 3.40. The van der Waals surface area contributed by atoms with Crippen LogP contribution in [0.5, 0.6) is 0 Å². The van der Waals surface area contributed by atoms with E-state index < -0.39 is 0 Å². The molecular weight excluding hydrogens is 320 g/mol. The van der Waals surface area contributed by atoms with Crippen LogP contribution in [0.15, 0.2) is 22.7 Å². The molecule has 1 heterocycles. The van der Waals surface area contributed by atoms with Crippen molar-refractivity contribution in [1.82, 2.24) is 0 Å². The Bertz CT molecular complexity index is 479. The van der Waals surface area contributed by atoms with Gasteiger partial charge in [-0.15, -0.1) is 0 Å². The van der Waals surface area contributed by atoms with Crippen molar-refractivity contribution in [2.24, 2.45) is 0 Å². The minimum Gasteiger partial charge on any atom is -0.382 e. The summed E-state index contributed by atoms with van der Waals surface area (Å²) in [6.07, 6.45) is 2.29. The van der Waals surface area contributed by atoms with Crippen LogP contribution in [0.25, 0.3) is 0 Å². The van der Waals surface area contributed by atoms with Gasteiger partial charge in [0.15, 0.2) is 0 Å². The molecule has 0 amide bonds. The van der Waals surface area contributed by atoms with Gasteiger partial charge in [-0.25, -0.2) is 0 Å². The maximum Gasteiger partial charge on any atom is 0.101 e. The normalized spacial score (nSPS) is 16.1. The number of halogens is 1. The highest BCUT2D eigenvalue weighted by molar-refractivity contribution is 9.10. The number of ether oxygens (including phenoxy) is 2. The largest absolute Gasteiger partial charge is 0.382 e. The monoisotopic (exact) mass is 338 g/mol. The smallest absolute Gasteiger partial charge is 0.101 e. The molecule has 0 unspecified atom stereocenters. The fraction of sp³-hybridized carbons (Fsp3) is 0.533. The average molecular weight is 339 g/mol. The average Bonchev–Trinajstić information content (AvgIpc) is 2.48. The minimum atomic E-state index is 0.308. The Morgan fingerprint density at radius 2 is 2.10 bits per heavy atom. The van der Waals surface area contributed by atoms with E-state index in [0.29, 0.717) is 19.3 Å². The van der Waals surface area contributed by atoms with E-state index in [1.165, 1.54) is 0 Å². The Morgan fingerprint density at radius 1 is 1.35 bits per heavy atom. The summed E-state index contributed by atoms with van der Waals surface area (Å²) in [4.78, 5) is 2.27. The number of nitrogens with zero attached hydrogens (tertiary/aromatic N) is 2. The molecule has 0 bridgehead atoms. The van der Waals surface area contributed by atoms with Crippen LogP contribution in [0.4, 0.5) is 5.69 Å². The molecule has 0 saturated carbocycles. The maximum atomic E-state index is 9.23. The third kappa shape index (κ3) is 3.95. The number of benzene rings is 1. The van der Waals surface area contributed by atoms with Crippen LogP contribution in [-0.4, -0.2) is 39.5 Å². The van der Waals surface area contributed by atoms with E-state index in [1.807, 2.05) is 18.2 Å². The van der Waals surface area contributed by atoms with Crippen molar-refractivity contribution in [1.29, 1.82) is 5.26 Å². The van der Waals surface area contributed by atoms with E-state index >= 15 is 0 Å². The molecular formula is C15H19BrN2O2. The number of hydrogen-bond donors (Lipinski definition) is 0. The molecule has 20 heavy (non-hydrogen) atoms. The van der Waals surface area contributed by atoms with Crippen LogP contribution < -0.4 is 4.90 Å². The van der Waals surface area contributed by atoms with Crippen molar-refractivity contribution in [3.05, 3.63) is 28.2 Å². The highest BCUT2D eigenvalue weighted by atomic mass is 79.9. The topological polar surface area (TPSA) is 45.5 Å². The second-order valence-corrected chi connectivity index (χ2v) is 5.74. The number of hydrogen-bond acceptors (Lipinski definition) is 4. The quantitative estimate of drug-likeness (QED) is 0.774. The van der Waals surface area contributed by atoms with Gasteiger partial charge >= 0.3 is 0 Å². The van der Waals surface area contributed by atoms with Crippen LogP contribution in [0, 0.1) is 11.3 Å². The number of methoxy groups -OCH3 is 1. The van der Waals surface area contributed by atoms with Crippen molar-refractivity contribution in [3.63, 3.8) is 0 Å². The lowest BCUT2D eigenvalue weighted by atomic mass is 10.1. The van der Waals surface area contributed by atoms with Gasteiger partial charge in [-0.2, -0.15) is 5.26 Å². The molecule has 1 aliphatic rings. The zero-order valence-corrected chi connectivity index (χ0v) is 13.2. The van der Waals surface area contributed by atoms with Gasteiger partial charge in [-0.05, 0) is 31.0 Å². The molecule has 1 fully saturated rings. The number of nitriles is 1. The molecule has 0 N–H and O–H groups in total. The third-order valence-corrected chi connectivity index (χ3v) is 4.00. The summed E-state index contributed by atoms with van der Waals surface area (Å²) in [5, 5.41) is 9.23. The predicted molar refractivity (Wildman–Crippen MR) is 81.9 cm³/mol. The molecule has 0 radical (unpaired) electrons. The van der Waals surface area contributed by atoms with E-state index in [-0.39, 0.29) is 0 Å². The van der Waals surface area contributed by atoms with E-state index in [1.54, 1.807) is 7.11 Å². The number of anilines is 1. The molecule has 5 heteroatoms. The minimum absolute atomic E-state index is 0.308. The second kappa shape index (κ2) is 7.63. The molecule has 0 spiro atoms. The van der Waals surface area contributed by atoms with E-state index in [9.17, 15) is 5.26 Å². The predicted octanol–water partition coefficient (Wildman–Crippen LogP) is 2.95. The summed E-state index contributed by atoms with van der Waals surface area (Å²) in [7, 11) is 1.68. The van der Waals surface area contributed by atoms with Gasteiger partial charge < -0.3 is 14.4 Å². The third-order valence-electron chi connectivity index (χ3n) is 3.50. The van der Waals surface area contributed by atoms with Crippen molar-refractivity contribution in [2.45, 2.75) is 18.9 Å². The summed E-state index contributed by atoms with van der Waals surface area (Å²) in [6.45, 7) is 3.15. The first-order chi connectivity index (χ1) is 9.74. The van der Waals surface area contributed by atoms with Crippen molar-refractivity contribution < 1.29 is 9.47 Å². The summed E-state index contributed by atoms with van der Waals surface area (Å²) in [5.41, 5.74) is 1.74. The highest BCUT2D eigenvalue weighted by Crippen LogP contribution is 2.27. The summed E-state index contributed by atoms with van der Waals surface area (Å²) in [5.74, 6) is 0. The van der Waals surface area contributed by atoms with Gasteiger partial charge in [0.25, 0.3) is 0 Å². The molecule has 0 aromatic heterocycles. The molecule has 1 aliphatic heterocycles. The van der Waals surface area contributed by atoms with Crippen molar-refractivity contribution >= 4 is 21.6 Å². The molecule has 0 aliphatic carbocycles. The standard InChI is InChI=1S/C15H19BrN2O2/c1-19-8-9-20-14-4-6-18(7-5-14)15-3-2-13(16)10-12(15)11-17/h2-3,10,14H,4-9H2,1H3. The fourth-order valence-electron chi connectivity index (χ4n) is 2.44. The number of rotatable bonds is 5. The highest BCUT2D eigenvalue weighted by Gasteiger charge is 2.21. The number of piperidine rings is 1. The summed E-state index contributed by atoms with van der Waals surface area (Å²) < 4.78 is 11.7. The molecule has 1 aromatic carbocycles. The van der Waals surface area contributed by atoms with Gasteiger partial charge in [0.05, 0.1) is 30.6 Å². The van der Waals surface area contributed by atoms with E-state index in [2.05, 4.69) is 26.9 Å². The Labute approximate surface area is 128 Å². The van der Waals surface area contributed by atoms with E-state index in [0.717, 1.165) is 41.7 Å². The second-order valence-electron chi connectivity index (χ2n) is 4.82. The molecule has 1 aromatic rings. The van der Waals surface area contributed by atoms with Crippen LogP contribution in [0.1, 0.15) is 18.4 Å². The zero-order valence-electron chi connectivity index (χ0n) is 11.6. The Kier molecular flexibility index (Phi) is 5.84. The van der Waals surface area contributed by atoms with Crippen molar-refractivity contribution in [3.8, 4) is 6.07 Å². The Balaban J connectivity index is 1.92. The molecule has 108 valence electrons. The molecule has 0 atom stereocenters. The summed E-state index contributed by atoms with van der Waals surface area (Å²) in [6, 6.07) is 8.13. The van der Waals surface area contributed by atoms with Crippen LogP contribution in [0.2, 0.25) is 0 Å². The van der Waals surface area contributed by atoms with Gasteiger partial charge in [0, 0.05) is 24.7 Å². The Morgan fingerprint density at radius 3 is 2.75 bits per heavy atom. The lowest BCUT2D eigenvalue weighted by Gasteiger charge is -2.34. The first-order valence-corrected chi connectivity index (χ1v) is 7.59. The van der Waals surface area contributed by atoms with Crippen molar-refractivity contribution in [2.75, 3.05) is 38.3 Å². The lowest BCUT2D eigenvalue weighted by Crippen LogP contribution is -2.37. The van der Waals surface area contributed by atoms with Crippen LogP contribution >= 0.6 is 15.9 Å². The Hall–Kier alpha value is -1.09. The lowest BCUT2D eigenvalue weighted by molar-refractivity contribution is 0.00610. The molecule has 4 nitrogen and oxygen atoms in total. The van der Waals surface area contributed by atoms with Crippen LogP contribution in [0.3, 0.4) is 0 Å². The fourth-order valence-corrected chi connectivity index (χ4v) is 2.80. The van der Waals surface area contributed by atoms with Gasteiger partial charge in [-0.1, -0.05) is 15.9 Å². The van der Waals surface area contributed by atoms with Gasteiger partial charge in [0.1, 0.15) is 6.07 Å². The van der Waals surface area contributed by atoms with Gasteiger partial charge in [-0.3, -0.25) is 0 Å². The maximum absolute atomic E-state index is 9.23. The van der Waals surface area contributed by atoms with Gasteiger partial charge in [0.2, 0.25) is 0 Å². The SMILES string of the molecule is COCCOC1CCN(c2ccc(Br)cc2C#N)CC1. The first-order valence-electron chi connectivity index (χ1n) is 6.79. The molecule has 2 rings (SSSR count). The zero-order chi connectivity index (χ0) is 14.4. The van der Waals surface area contributed by atoms with Crippen LogP contribution in [-0.2, 0) is 9.47 Å². The first kappa shape index (κ1) is 15.3. The molecule has 1 saturated heterocycles.